The number of furan rings is 1. The molecular formula is C14H21BrN2O. The molecule has 0 spiro atoms. The maximum Gasteiger partial charge on any atom is 0.169 e. The van der Waals surface area contributed by atoms with E-state index in [0.29, 0.717) is 12.1 Å². The molecular weight excluding hydrogens is 292 g/mol. The quantitative estimate of drug-likeness (QED) is 0.928. The first-order valence-corrected chi connectivity index (χ1v) is 7.77. The molecule has 4 heteroatoms. The highest BCUT2D eigenvalue weighted by Gasteiger charge is 2.32. The van der Waals surface area contributed by atoms with Crippen LogP contribution in [0.4, 0.5) is 0 Å². The first-order valence-electron chi connectivity index (χ1n) is 6.97. The van der Waals surface area contributed by atoms with Gasteiger partial charge in [-0.3, -0.25) is 0 Å². The summed E-state index contributed by atoms with van der Waals surface area (Å²) in [5.74, 6) is 1.02. The molecule has 3 rings (SSSR count). The molecule has 3 nitrogen and oxygen atoms in total. The van der Waals surface area contributed by atoms with Crippen LogP contribution in [0.5, 0.6) is 0 Å². The number of piperidine rings is 1. The van der Waals surface area contributed by atoms with E-state index in [1.165, 1.54) is 38.8 Å². The van der Waals surface area contributed by atoms with Crippen molar-refractivity contribution < 1.29 is 4.42 Å². The second kappa shape index (κ2) is 5.35. The standard InChI is InChI=1S/C14H21BrN2O/c1-10(13-4-5-14(15)18-13)16-11-6-8-17-7-2-3-12(17)9-11/h4-5,10-12,16H,2-3,6-9H2,1H3. The molecule has 100 valence electrons. The van der Waals surface area contributed by atoms with Crippen molar-refractivity contribution in [3.63, 3.8) is 0 Å². The number of rotatable bonds is 3. The Labute approximate surface area is 117 Å². The van der Waals surface area contributed by atoms with Crippen LogP contribution in [0, 0.1) is 0 Å². The maximum absolute atomic E-state index is 5.62. The van der Waals surface area contributed by atoms with Gasteiger partial charge in [0, 0.05) is 12.1 Å². The summed E-state index contributed by atoms with van der Waals surface area (Å²) in [4.78, 5) is 2.66. The van der Waals surface area contributed by atoms with Gasteiger partial charge in [0.15, 0.2) is 4.67 Å². The second-order valence-corrected chi connectivity index (χ2v) is 6.37. The molecule has 1 aromatic heterocycles. The van der Waals surface area contributed by atoms with E-state index < -0.39 is 0 Å². The molecule has 2 saturated heterocycles. The SMILES string of the molecule is CC(NC1CCN2CCCC2C1)c1ccc(Br)o1. The summed E-state index contributed by atoms with van der Waals surface area (Å²) in [7, 11) is 0. The Morgan fingerprint density at radius 3 is 3.06 bits per heavy atom. The third-order valence-corrected chi connectivity index (χ3v) is 4.75. The van der Waals surface area contributed by atoms with Crippen molar-refractivity contribution in [2.75, 3.05) is 13.1 Å². The number of fused-ring (bicyclic) bond motifs is 1. The Hall–Kier alpha value is -0.320. The summed E-state index contributed by atoms with van der Waals surface area (Å²) in [5, 5.41) is 3.72. The van der Waals surface area contributed by atoms with E-state index in [0.717, 1.165) is 16.5 Å². The van der Waals surface area contributed by atoms with Gasteiger partial charge in [0.25, 0.3) is 0 Å². The lowest BCUT2D eigenvalue weighted by Crippen LogP contribution is -2.46. The Morgan fingerprint density at radius 2 is 2.28 bits per heavy atom. The molecule has 3 heterocycles. The first-order chi connectivity index (χ1) is 8.72. The molecule has 18 heavy (non-hydrogen) atoms. The van der Waals surface area contributed by atoms with E-state index in [2.05, 4.69) is 33.1 Å². The molecule has 0 aromatic carbocycles. The van der Waals surface area contributed by atoms with Gasteiger partial charge in [-0.25, -0.2) is 0 Å². The van der Waals surface area contributed by atoms with Crippen molar-refractivity contribution in [3.05, 3.63) is 22.6 Å². The highest BCUT2D eigenvalue weighted by atomic mass is 79.9. The molecule has 3 unspecified atom stereocenters. The molecule has 1 aromatic rings. The number of hydrogen-bond acceptors (Lipinski definition) is 3. The van der Waals surface area contributed by atoms with E-state index in [9.17, 15) is 0 Å². The number of nitrogens with one attached hydrogen (secondary N) is 1. The summed E-state index contributed by atoms with van der Waals surface area (Å²) in [6.45, 7) is 4.77. The Kier molecular flexibility index (Phi) is 3.78. The normalized spacial score (nSPS) is 30.3. The summed E-state index contributed by atoms with van der Waals surface area (Å²) in [5.41, 5.74) is 0. The smallest absolute Gasteiger partial charge is 0.169 e. The second-order valence-electron chi connectivity index (χ2n) is 5.58. The van der Waals surface area contributed by atoms with Gasteiger partial charge in [0.05, 0.1) is 6.04 Å². The van der Waals surface area contributed by atoms with Crippen LogP contribution in [0.25, 0.3) is 0 Å². The van der Waals surface area contributed by atoms with Gasteiger partial charge in [-0.1, -0.05) is 0 Å². The van der Waals surface area contributed by atoms with Crippen molar-refractivity contribution in [1.29, 1.82) is 0 Å². The van der Waals surface area contributed by atoms with E-state index in [4.69, 9.17) is 4.42 Å². The minimum atomic E-state index is 0.300. The van der Waals surface area contributed by atoms with Gasteiger partial charge in [-0.05, 0) is 73.8 Å². The van der Waals surface area contributed by atoms with Crippen LogP contribution >= 0.6 is 15.9 Å². The topological polar surface area (TPSA) is 28.4 Å². The summed E-state index contributed by atoms with van der Waals surface area (Å²) >= 11 is 3.36. The van der Waals surface area contributed by atoms with Gasteiger partial charge < -0.3 is 14.6 Å². The lowest BCUT2D eigenvalue weighted by atomic mass is 9.97. The highest BCUT2D eigenvalue weighted by molar-refractivity contribution is 9.10. The number of nitrogens with zero attached hydrogens (tertiary/aromatic N) is 1. The average molecular weight is 313 g/mol. The van der Waals surface area contributed by atoms with Crippen molar-refractivity contribution >= 4 is 15.9 Å². The van der Waals surface area contributed by atoms with Crippen LogP contribution in [0.2, 0.25) is 0 Å². The first kappa shape index (κ1) is 12.7. The van der Waals surface area contributed by atoms with E-state index in [1.807, 2.05) is 12.1 Å². The average Bonchev–Trinajstić information content (AvgIpc) is 2.96. The van der Waals surface area contributed by atoms with E-state index >= 15 is 0 Å². The zero-order valence-corrected chi connectivity index (χ0v) is 12.4. The van der Waals surface area contributed by atoms with Crippen LogP contribution in [0.15, 0.2) is 21.2 Å². The summed E-state index contributed by atoms with van der Waals surface area (Å²) in [6.07, 6.45) is 5.34. The summed E-state index contributed by atoms with van der Waals surface area (Å²) < 4.78 is 6.43. The largest absolute Gasteiger partial charge is 0.453 e. The number of halogens is 1. The maximum atomic E-state index is 5.62. The molecule has 0 amide bonds. The van der Waals surface area contributed by atoms with Crippen LogP contribution in [0.3, 0.4) is 0 Å². The molecule has 1 N–H and O–H groups in total. The van der Waals surface area contributed by atoms with Crippen molar-refractivity contribution in [1.82, 2.24) is 10.2 Å². The van der Waals surface area contributed by atoms with Crippen LogP contribution < -0.4 is 5.32 Å². The minimum Gasteiger partial charge on any atom is -0.453 e. The van der Waals surface area contributed by atoms with Gasteiger partial charge in [-0.15, -0.1) is 0 Å². The van der Waals surface area contributed by atoms with E-state index in [-0.39, 0.29) is 0 Å². The van der Waals surface area contributed by atoms with Gasteiger partial charge >= 0.3 is 0 Å². The number of hydrogen-bond donors (Lipinski definition) is 1. The lowest BCUT2D eigenvalue weighted by Gasteiger charge is -2.36. The molecule has 3 atom stereocenters. The predicted octanol–water partition coefficient (Wildman–Crippen LogP) is 3.32. The third-order valence-electron chi connectivity index (χ3n) is 4.33. The van der Waals surface area contributed by atoms with Crippen LogP contribution in [-0.4, -0.2) is 30.1 Å². The van der Waals surface area contributed by atoms with Gasteiger partial charge in [0.2, 0.25) is 0 Å². The van der Waals surface area contributed by atoms with Crippen molar-refractivity contribution in [2.24, 2.45) is 0 Å². The highest BCUT2D eigenvalue weighted by Crippen LogP contribution is 2.28. The van der Waals surface area contributed by atoms with Crippen LogP contribution in [0.1, 0.15) is 44.4 Å². The zero-order valence-electron chi connectivity index (χ0n) is 10.9. The molecule has 0 saturated carbocycles. The van der Waals surface area contributed by atoms with Crippen molar-refractivity contribution in [3.8, 4) is 0 Å². The minimum absolute atomic E-state index is 0.300. The fraction of sp³-hybridized carbons (Fsp3) is 0.714. The fourth-order valence-electron chi connectivity index (χ4n) is 3.37. The van der Waals surface area contributed by atoms with Crippen LogP contribution in [-0.2, 0) is 0 Å². The fourth-order valence-corrected chi connectivity index (χ4v) is 3.69. The summed E-state index contributed by atoms with van der Waals surface area (Å²) in [6, 6.07) is 5.78. The zero-order chi connectivity index (χ0) is 12.5. The predicted molar refractivity (Wildman–Crippen MR) is 75.6 cm³/mol. The lowest BCUT2D eigenvalue weighted by molar-refractivity contribution is 0.160. The van der Waals surface area contributed by atoms with Crippen molar-refractivity contribution in [2.45, 2.75) is 50.7 Å². The molecule has 2 fully saturated rings. The van der Waals surface area contributed by atoms with Gasteiger partial charge in [0.1, 0.15) is 5.76 Å². The molecule has 0 aliphatic carbocycles. The monoisotopic (exact) mass is 312 g/mol. The molecule has 0 bridgehead atoms. The Morgan fingerprint density at radius 1 is 1.39 bits per heavy atom. The van der Waals surface area contributed by atoms with E-state index in [1.54, 1.807) is 0 Å². The third kappa shape index (κ3) is 2.65. The molecule has 2 aliphatic rings. The Balaban J connectivity index is 1.56. The Bertz CT molecular complexity index is 406. The van der Waals surface area contributed by atoms with Gasteiger partial charge in [-0.2, -0.15) is 0 Å². The molecule has 2 aliphatic heterocycles. The molecule has 0 radical (unpaired) electrons.